The van der Waals surface area contributed by atoms with Crippen LogP contribution in [0.1, 0.15) is 34.9 Å². The van der Waals surface area contributed by atoms with Crippen LogP contribution in [0.4, 0.5) is 5.82 Å². The van der Waals surface area contributed by atoms with E-state index in [-0.39, 0.29) is 16.9 Å². The lowest BCUT2D eigenvalue weighted by atomic mass is 10.0. The maximum atomic E-state index is 11.6. The smallest absolute Gasteiger partial charge is 0.359 e. The predicted octanol–water partition coefficient (Wildman–Crippen LogP) is 3.91. The number of aromatic nitrogens is 2. The molecule has 0 aliphatic carbocycles. The van der Waals surface area contributed by atoms with E-state index in [9.17, 15) is 4.79 Å². The summed E-state index contributed by atoms with van der Waals surface area (Å²) in [7, 11) is 1.28. The Hall–Kier alpha value is -1.85. The van der Waals surface area contributed by atoms with Crippen LogP contribution in [0.25, 0.3) is 0 Å². The zero-order valence-corrected chi connectivity index (χ0v) is 14.0. The van der Waals surface area contributed by atoms with E-state index in [0.717, 1.165) is 30.0 Å². The maximum Gasteiger partial charge on any atom is 0.359 e. The summed E-state index contributed by atoms with van der Waals surface area (Å²) in [5.41, 5.74) is 1.08. The quantitative estimate of drug-likeness (QED) is 0.784. The summed E-state index contributed by atoms with van der Waals surface area (Å²) in [6.07, 6.45) is 3.54. The fourth-order valence-corrected chi connectivity index (χ4v) is 3.31. The van der Waals surface area contributed by atoms with Crippen molar-refractivity contribution in [2.45, 2.75) is 18.9 Å². The molecule has 0 radical (unpaired) electrons. The number of hydrogen-bond acceptors (Lipinski definition) is 5. The normalized spacial score (nSPS) is 17.3. The highest BCUT2D eigenvalue weighted by Crippen LogP contribution is 2.38. The van der Waals surface area contributed by atoms with Gasteiger partial charge in [-0.15, -0.1) is 0 Å². The third-order valence-electron chi connectivity index (χ3n) is 3.91. The van der Waals surface area contributed by atoms with Gasteiger partial charge in [0.2, 0.25) is 0 Å². The van der Waals surface area contributed by atoms with Crippen LogP contribution in [0.3, 0.4) is 0 Å². The molecule has 1 fully saturated rings. The van der Waals surface area contributed by atoms with Crippen LogP contribution in [0.15, 0.2) is 30.5 Å². The molecule has 0 saturated carbocycles. The fourth-order valence-electron chi connectivity index (χ4n) is 2.84. The number of anilines is 1. The van der Waals surface area contributed by atoms with E-state index >= 15 is 0 Å². The highest BCUT2D eigenvalue weighted by atomic mass is 35.5. The molecule has 1 unspecified atom stereocenters. The van der Waals surface area contributed by atoms with Crippen LogP contribution < -0.4 is 4.90 Å². The Balaban J connectivity index is 1.93. The summed E-state index contributed by atoms with van der Waals surface area (Å²) in [6, 6.07) is 7.90. The number of methoxy groups -OCH3 is 1. The third-order valence-corrected chi connectivity index (χ3v) is 4.51. The summed E-state index contributed by atoms with van der Waals surface area (Å²) >= 11 is 12.4. The molecule has 1 aliphatic rings. The van der Waals surface area contributed by atoms with Gasteiger partial charge in [0.15, 0.2) is 10.8 Å². The zero-order valence-electron chi connectivity index (χ0n) is 12.5. The second-order valence-electron chi connectivity index (χ2n) is 5.23. The summed E-state index contributed by atoms with van der Waals surface area (Å²) < 4.78 is 4.63. The summed E-state index contributed by atoms with van der Waals surface area (Å²) in [5.74, 6) is 0.0307. The van der Waals surface area contributed by atoms with E-state index in [2.05, 4.69) is 19.6 Å². The Labute approximate surface area is 144 Å². The number of benzene rings is 1. The first kappa shape index (κ1) is 16.0. The topological polar surface area (TPSA) is 55.3 Å². The first-order valence-corrected chi connectivity index (χ1v) is 7.99. The van der Waals surface area contributed by atoms with E-state index < -0.39 is 5.97 Å². The largest absolute Gasteiger partial charge is 0.464 e. The van der Waals surface area contributed by atoms with E-state index in [0.29, 0.717) is 5.82 Å². The summed E-state index contributed by atoms with van der Waals surface area (Å²) in [5, 5.41) is 0.772. The Morgan fingerprint density at radius 1 is 1.35 bits per heavy atom. The Morgan fingerprint density at radius 2 is 2.13 bits per heavy atom. The Bertz CT molecular complexity index is 739. The molecular weight excluding hydrogens is 337 g/mol. The van der Waals surface area contributed by atoms with Gasteiger partial charge in [0.1, 0.15) is 5.82 Å². The maximum absolute atomic E-state index is 11.6. The van der Waals surface area contributed by atoms with Crippen LogP contribution in [-0.4, -0.2) is 29.6 Å². The predicted molar refractivity (Wildman–Crippen MR) is 89.2 cm³/mol. The monoisotopic (exact) mass is 351 g/mol. The molecule has 1 atom stereocenters. The minimum atomic E-state index is -0.599. The van der Waals surface area contributed by atoms with Crippen LogP contribution in [0.5, 0.6) is 0 Å². The number of carbonyl (C=O) groups is 1. The molecule has 1 aromatic heterocycles. The van der Waals surface area contributed by atoms with Crippen molar-refractivity contribution in [1.29, 1.82) is 0 Å². The molecule has 1 aliphatic heterocycles. The second kappa shape index (κ2) is 6.72. The highest BCUT2D eigenvalue weighted by Gasteiger charge is 2.29. The molecule has 0 N–H and O–H groups in total. The van der Waals surface area contributed by atoms with Crippen molar-refractivity contribution in [2.75, 3.05) is 18.6 Å². The number of rotatable bonds is 3. The summed E-state index contributed by atoms with van der Waals surface area (Å²) in [6.45, 7) is 0.832. The van der Waals surface area contributed by atoms with Gasteiger partial charge < -0.3 is 9.64 Å². The van der Waals surface area contributed by atoms with E-state index in [1.807, 2.05) is 24.3 Å². The highest BCUT2D eigenvalue weighted by molar-refractivity contribution is 6.32. The molecule has 0 amide bonds. The third kappa shape index (κ3) is 3.12. The Kier molecular flexibility index (Phi) is 4.68. The van der Waals surface area contributed by atoms with Crippen molar-refractivity contribution in [3.8, 4) is 0 Å². The number of nitrogens with zero attached hydrogens (tertiary/aromatic N) is 3. The van der Waals surface area contributed by atoms with Gasteiger partial charge in [0.05, 0.1) is 19.3 Å². The average molecular weight is 352 g/mol. The van der Waals surface area contributed by atoms with Crippen LogP contribution in [-0.2, 0) is 4.74 Å². The molecule has 1 aromatic carbocycles. The van der Waals surface area contributed by atoms with Crippen LogP contribution in [0.2, 0.25) is 10.2 Å². The Morgan fingerprint density at radius 3 is 2.83 bits per heavy atom. The van der Waals surface area contributed by atoms with Gasteiger partial charge in [-0.25, -0.2) is 14.8 Å². The molecule has 120 valence electrons. The molecule has 2 aromatic rings. The minimum absolute atomic E-state index is 0.0198. The molecular formula is C16H15Cl2N3O2. The van der Waals surface area contributed by atoms with Gasteiger partial charge in [0.25, 0.3) is 0 Å². The van der Waals surface area contributed by atoms with Gasteiger partial charge in [0, 0.05) is 11.6 Å². The van der Waals surface area contributed by atoms with Crippen molar-refractivity contribution in [3.63, 3.8) is 0 Å². The zero-order chi connectivity index (χ0) is 16.4. The number of esters is 1. The number of carbonyl (C=O) groups excluding carboxylic acids is 1. The van der Waals surface area contributed by atoms with Gasteiger partial charge in [-0.1, -0.05) is 41.4 Å². The number of halogens is 2. The summed E-state index contributed by atoms with van der Waals surface area (Å²) in [4.78, 5) is 22.1. The number of hydrogen-bond donors (Lipinski definition) is 0. The van der Waals surface area contributed by atoms with E-state index in [4.69, 9.17) is 23.2 Å². The van der Waals surface area contributed by atoms with Gasteiger partial charge in [-0.2, -0.15) is 0 Å². The molecule has 23 heavy (non-hydrogen) atoms. The second-order valence-corrected chi connectivity index (χ2v) is 6.00. The van der Waals surface area contributed by atoms with Crippen molar-refractivity contribution >= 4 is 35.0 Å². The molecule has 1 saturated heterocycles. The molecule has 3 rings (SSSR count). The van der Waals surface area contributed by atoms with Crippen molar-refractivity contribution in [3.05, 3.63) is 51.9 Å². The van der Waals surface area contributed by atoms with Crippen molar-refractivity contribution in [1.82, 2.24) is 9.97 Å². The molecule has 0 spiro atoms. The molecule has 2 heterocycles. The van der Waals surface area contributed by atoms with Gasteiger partial charge in [-0.05, 0) is 24.5 Å². The molecule has 0 bridgehead atoms. The van der Waals surface area contributed by atoms with E-state index in [1.54, 1.807) is 6.20 Å². The number of ether oxygens (including phenoxy) is 1. The van der Waals surface area contributed by atoms with E-state index in [1.165, 1.54) is 7.11 Å². The van der Waals surface area contributed by atoms with Crippen LogP contribution in [0, 0.1) is 0 Å². The first-order chi connectivity index (χ1) is 11.1. The van der Waals surface area contributed by atoms with Crippen molar-refractivity contribution in [2.24, 2.45) is 0 Å². The molecule has 7 heteroatoms. The average Bonchev–Trinajstić information content (AvgIpc) is 3.04. The van der Waals surface area contributed by atoms with Gasteiger partial charge in [-0.3, -0.25) is 0 Å². The standard InChI is InChI=1S/C16H15Cl2N3O2/c1-23-16(22)14-15(18)20-13(9-19-14)21-8-4-7-12(21)10-5-2-3-6-11(10)17/h2-3,5-6,9,12H,4,7-8H2,1H3. The lowest BCUT2D eigenvalue weighted by Crippen LogP contribution is -2.24. The van der Waals surface area contributed by atoms with Crippen LogP contribution >= 0.6 is 23.2 Å². The fraction of sp³-hybridized carbons (Fsp3) is 0.312. The molecule has 5 nitrogen and oxygen atoms in total. The lowest BCUT2D eigenvalue weighted by Gasteiger charge is -2.26. The van der Waals surface area contributed by atoms with Crippen molar-refractivity contribution < 1.29 is 9.53 Å². The first-order valence-electron chi connectivity index (χ1n) is 7.23. The minimum Gasteiger partial charge on any atom is -0.464 e. The lowest BCUT2D eigenvalue weighted by molar-refractivity contribution is 0.0594. The van der Waals surface area contributed by atoms with Gasteiger partial charge >= 0.3 is 5.97 Å². The SMILES string of the molecule is COC(=O)c1ncc(N2CCCC2c2ccccc2Cl)nc1Cl.